The van der Waals surface area contributed by atoms with Gasteiger partial charge in [-0.05, 0) is 50.6 Å². The van der Waals surface area contributed by atoms with E-state index in [9.17, 15) is 9.59 Å². The minimum Gasteiger partial charge on any atom is -0.482 e. The molecule has 0 saturated carbocycles. The first kappa shape index (κ1) is 15.8. The van der Waals surface area contributed by atoms with Gasteiger partial charge in [0.25, 0.3) is 11.8 Å². The van der Waals surface area contributed by atoms with Gasteiger partial charge in [-0.25, -0.2) is 0 Å². The van der Waals surface area contributed by atoms with Gasteiger partial charge in [-0.3, -0.25) is 9.59 Å². The van der Waals surface area contributed by atoms with Crippen molar-refractivity contribution in [2.24, 2.45) is 0 Å². The van der Waals surface area contributed by atoms with Gasteiger partial charge in [-0.2, -0.15) is 0 Å². The smallest absolute Gasteiger partial charge is 0.262 e. The Hall–Kier alpha value is -2.08. The van der Waals surface area contributed by atoms with Gasteiger partial charge >= 0.3 is 0 Å². The number of nitrogens with zero attached hydrogens (tertiary/aromatic N) is 1. The van der Waals surface area contributed by atoms with Crippen LogP contribution >= 0.6 is 0 Å². The molecule has 1 saturated heterocycles. The number of anilines is 1. The summed E-state index contributed by atoms with van der Waals surface area (Å²) in [5.74, 6) is 0.456. The van der Waals surface area contributed by atoms with Crippen LogP contribution in [0.3, 0.4) is 0 Å². The minimum atomic E-state index is -0.189. The van der Waals surface area contributed by atoms with Crippen LogP contribution in [0.25, 0.3) is 0 Å². The van der Waals surface area contributed by atoms with Crippen molar-refractivity contribution in [3.05, 3.63) is 23.8 Å². The Morgan fingerprint density at radius 3 is 2.87 bits per heavy atom. The summed E-state index contributed by atoms with van der Waals surface area (Å²) in [5, 5.41) is 6.10. The third-order valence-corrected chi connectivity index (χ3v) is 4.33. The highest BCUT2D eigenvalue weighted by molar-refractivity contribution is 6.00. The van der Waals surface area contributed by atoms with Gasteiger partial charge in [0.15, 0.2) is 6.61 Å². The number of carbonyl (C=O) groups is 2. The number of hydrogen-bond donors (Lipinski definition) is 2. The highest BCUT2D eigenvalue weighted by atomic mass is 16.5. The number of ether oxygens (including phenoxy) is 1. The van der Waals surface area contributed by atoms with Gasteiger partial charge in [0.2, 0.25) is 0 Å². The van der Waals surface area contributed by atoms with E-state index in [1.807, 2.05) is 4.90 Å². The number of rotatable bonds is 4. The van der Waals surface area contributed by atoms with E-state index in [1.54, 1.807) is 18.2 Å². The number of benzene rings is 1. The van der Waals surface area contributed by atoms with Crippen molar-refractivity contribution in [2.45, 2.75) is 32.2 Å². The van der Waals surface area contributed by atoms with E-state index in [0.717, 1.165) is 38.9 Å². The highest BCUT2D eigenvalue weighted by Gasteiger charge is 2.26. The fraction of sp³-hybridized carbons (Fsp3) is 0.529. The lowest BCUT2D eigenvalue weighted by Crippen LogP contribution is -2.46. The van der Waals surface area contributed by atoms with Crippen LogP contribution in [0.2, 0.25) is 0 Å². The summed E-state index contributed by atoms with van der Waals surface area (Å²) in [6.07, 6.45) is 2.90. The molecule has 6 nitrogen and oxygen atoms in total. The molecule has 23 heavy (non-hydrogen) atoms. The second-order valence-electron chi connectivity index (χ2n) is 6.03. The van der Waals surface area contributed by atoms with Gasteiger partial charge in [0.05, 0.1) is 5.69 Å². The first-order valence-electron chi connectivity index (χ1n) is 8.27. The molecule has 0 aromatic heterocycles. The molecule has 3 rings (SSSR count). The van der Waals surface area contributed by atoms with E-state index in [1.165, 1.54) is 0 Å². The van der Waals surface area contributed by atoms with Crippen LogP contribution in [0, 0.1) is 0 Å². The number of piperidine rings is 1. The molecular weight excluding hydrogens is 294 g/mol. The van der Waals surface area contributed by atoms with Crippen LogP contribution < -0.4 is 15.4 Å². The Bertz CT molecular complexity index is 597. The Labute approximate surface area is 136 Å². The number of nitrogens with one attached hydrogen (secondary N) is 2. The van der Waals surface area contributed by atoms with E-state index in [-0.39, 0.29) is 24.5 Å². The average molecular weight is 317 g/mol. The first-order valence-corrected chi connectivity index (χ1v) is 8.27. The van der Waals surface area contributed by atoms with Crippen molar-refractivity contribution in [3.63, 3.8) is 0 Å². The molecule has 0 aliphatic carbocycles. The number of hydrogen-bond acceptors (Lipinski definition) is 4. The summed E-state index contributed by atoms with van der Waals surface area (Å²) >= 11 is 0. The molecule has 1 fully saturated rings. The normalized spacial score (nSPS) is 17.9. The van der Waals surface area contributed by atoms with Crippen molar-refractivity contribution in [3.8, 4) is 5.75 Å². The Morgan fingerprint density at radius 2 is 2.13 bits per heavy atom. The molecule has 124 valence electrons. The van der Waals surface area contributed by atoms with Crippen LogP contribution in [0.4, 0.5) is 5.69 Å². The molecule has 0 bridgehead atoms. The molecule has 0 unspecified atom stereocenters. The molecule has 0 spiro atoms. The summed E-state index contributed by atoms with van der Waals surface area (Å²) in [4.78, 5) is 26.4. The zero-order valence-corrected chi connectivity index (χ0v) is 13.4. The molecule has 1 aromatic rings. The van der Waals surface area contributed by atoms with Crippen molar-refractivity contribution in [1.29, 1.82) is 0 Å². The molecule has 1 aromatic carbocycles. The second-order valence-corrected chi connectivity index (χ2v) is 6.03. The lowest BCUT2D eigenvalue weighted by Gasteiger charge is -2.35. The van der Waals surface area contributed by atoms with Crippen molar-refractivity contribution in [1.82, 2.24) is 10.2 Å². The number of fused-ring (bicyclic) bond motifs is 1. The van der Waals surface area contributed by atoms with Gasteiger partial charge in [0, 0.05) is 18.2 Å². The van der Waals surface area contributed by atoms with Crippen molar-refractivity contribution >= 4 is 17.5 Å². The zero-order chi connectivity index (χ0) is 16.2. The van der Waals surface area contributed by atoms with Gasteiger partial charge in [-0.1, -0.05) is 6.92 Å². The average Bonchev–Trinajstić information content (AvgIpc) is 2.59. The second kappa shape index (κ2) is 7.00. The molecule has 2 amide bonds. The highest BCUT2D eigenvalue weighted by Crippen LogP contribution is 2.29. The third-order valence-electron chi connectivity index (χ3n) is 4.33. The largest absolute Gasteiger partial charge is 0.482 e. The number of carbonyl (C=O) groups excluding carboxylic acids is 2. The molecular formula is C17H23N3O3. The quantitative estimate of drug-likeness (QED) is 0.885. The topological polar surface area (TPSA) is 70.7 Å². The molecule has 6 heteroatoms. The summed E-state index contributed by atoms with van der Waals surface area (Å²) in [6, 6.07) is 5.54. The summed E-state index contributed by atoms with van der Waals surface area (Å²) in [7, 11) is 0. The molecule has 2 aliphatic heterocycles. The fourth-order valence-electron chi connectivity index (χ4n) is 3.19. The SMILES string of the molecule is CCCN(C(=O)c1ccc2c(c1)NC(=O)CO2)C1CCNCC1. The van der Waals surface area contributed by atoms with Crippen LogP contribution in [0.5, 0.6) is 5.75 Å². The fourth-order valence-corrected chi connectivity index (χ4v) is 3.19. The molecule has 0 atom stereocenters. The zero-order valence-electron chi connectivity index (χ0n) is 13.4. The van der Waals surface area contributed by atoms with Crippen LogP contribution in [-0.4, -0.2) is 49.0 Å². The van der Waals surface area contributed by atoms with Crippen LogP contribution in [-0.2, 0) is 4.79 Å². The number of amides is 2. The maximum atomic E-state index is 13.0. The van der Waals surface area contributed by atoms with E-state index >= 15 is 0 Å². The summed E-state index contributed by atoms with van der Waals surface area (Å²) < 4.78 is 5.35. The van der Waals surface area contributed by atoms with E-state index in [4.69, 9.17) is 4.74 Å². The minimum absolute atomic E-state index is 0.0251. The maximum Gasteiger partial charge on any atom is 0.262 e. The molecule has 2 N–H and O–H groups in total. The molecule has 0 radical (unpaired) electrons. The molecule has 2 heterocycles. The molecule has 2 aliphatic rings. The van der Waals surface area contributed by atoms with E-state index in [2.05, 4.69) is 17.6 Å². The Kier molecular flexibility index (Phi) is 4.81. The predicted molar refractivity (Wildman–Crippen MR) is 87.8 cm³/mol. The van der Waals surface area contributed by atoms with E-state index in [0.29, 0.717) is 17.0 Å². The monoisotopic (exact) mass is 317 g/mol. The lowest BCUT2D eigenvalue weighted by atomic mass is 10.0. The van der Waals surface area contributed by atoms with Crippen LogP contribution in [0.1, 0.15) is 36.5 Å². The van der Waals surface area contributed by atoms with Crippen molar-refractivity contribution < 1.29 is 14.3 Å². The van der Waals surface area contributed by atoms with Crippen LogP contribution in [0.15, 0.2) is 18.2 Å². The van der Waals surface area contributed by atoms with Gasteiger partial charge in [0.1, 0.15) is 5.75 Å². The Balaban J connectivity index is 1.82. The standard InChI is InChI=1S/C17H23N3O3/c1-2-9-20(13-5-7-18-8-6-13)17(22)12-3-4-15-14(10-12)19-16(21)11-23-15/h3-4,10,13,18H,2,5-9,11H2,1H3,(H,19,21). The third kappa shape index (κ3) is 3.47. The summed E-state index contributed by atoms with van der Waals surface area (Å²) in [6.45, 7) is 4.77. The summed E-state index contributed by atoms with van der Waals surface area (Å²) in [5.41, 5.74) is 1.18. The van der Waals surface area contributed by atoms with Gasteiger partial charge in [-0.15, -0.1) is 0 Å². The van der Waals surface area contributed by atoms with E-state index < -0.39 is 0 Å². The van der Waals surface area contributed by atoms with Crippen molar-refractivity contribution in [2.75, 3.05) is 31.6 Å². The predicted octanol–water partition coefficient (Wildman–Crippen LogP) is 1.62. The maximum absolute atomic E-state index is 13.0. The Morgan fingerprint density at radius 1 is 1.35 bits per heavy atom. The van der Waals surface area contributed by atoms with Gasteiger partial charge < -0.3 is 20.3 Å². The lowest BCUT2D eigenvalue weighted by molar-refractivity contribution is -0.118. The first-order chi connectivity index (χ1) is 11.2.